The lowest BCUT2D eigenvalue weighted by molar-refractivity contribution is -0.122. The Labute approximate surface area is 186 Å². The fourth-order valence-corrected chi connectivity index (χ4v) is 3.63. The number of nitrogens with zero attached hydrogens (tertiary/aromatic N) is 2. The molecule has 1 aliphatic heterocycles. The molecule has 162 valence electrons. The van der Waals surface area contributed by atoms with E-state index in [2.05, 4.69) is 10.2 Å². The first-order chi connectivity index (χ1) is 14.9. The number of thiocarbonyl (C=S) groups is 1. The van der Waals surface area contributed by atoms with E-state index in [1.165, 1.54) is 11.0 Å². The smallest absolute Gasteiger partial charge is 0.270 e. The lowest BCUT2D eigenvalue weighted by Crippen LogP contribution is -2.54. The number of ether oxygens (including phenoxy) is 1. The summed E-state index contributed by atoms with van der Waals surface area (Å²) in [6.07, 6.45) is 1.38. The first-order valence-corrected chi connectivity index (χ1v) is 10.5. The van der Waals surface area contributed by atoms with Crippen LogP contribution >= 0.6 is 12.2 Å². The van der Waals surface area contributed by atoms with Crippen molar-refractivity contribution in [1.82, 2.24) is 5.32 Å². The molecule has 2 aromatic carbocycles. The molecular formula is C23H25N3O4S. The first kappa shape index (κ1) is 22.3. The van der Waals surface area contributed by atoms with E-state index in [4.69, 9.17) is 17.0 Å². The quantitative estimate of drug-likeness (QED) is 0.391. The highest BCUT2D eigenvalue weighted by molar-refractivity contribution is 7.80. The highest BCUT2D eigenvalue weighted by atomic mass is 32.1. The molecule has 0 spiro atoms. The van der Waals surface area contributed by atoms with Crippen LogP contribution in [0.15, 0.2) is 48.0 Å². The standard InChI is InChI=1S/C23H25N3O4S/c1-4-25(5-2)17-8-7-15(20(27)14-17)13-19-21(28)24-23(31)26(22(19)29)16-9-11-18(12-10-16)30-6-3/h7-14,27H,4-6H2,1-3H3,(H,24,28,31)/b19-13+. The van der Waals surface area contributed by atoms with Crippen LogP contribution < -0.4 is 19.9 Å². The van der Waals surface area contributed by atoms with Gasteiger partial charge in [-0.05, 0) is 75.5 Å². The molecule has 1 heterocycles. The van der Waals surface area contributed by atoms with Gasteiger partial charge >= 0.3 is 0 Å². The zero-order valence-electron chi connectivity index (χ0n) is 17.7. The Kier molecular flexibility index (Phi) is 6.91. The van der Waals surface area contributed by atoms with Crippen molar-refractivity contribution in [2.24, 2.45) is 0 Å². The fraction of sp³-hybridized carbons (Fsp3) is 0.261. The SMILES string of the molecule is CCOc1ccc(N2C(=O)/C(=C/c3ccc(N(CC)CC)cc3O)C(=O)NC2=S)cc1. The lowest BCUT2D eigenvalue weighted by atomic mass is 10.1. The average molecular weight is 440 g/mol. The monoisotopic (exact) mass is 439 g/mol. The second-order valence-corrected chi connectivity index (χ2v) is 7.19. The van der Waals surface area contributed by atoms with Gasteiger partial charge in [0.15, 0.2) is 5.11 Å². The van der Waals surface area contributed by atoms with Crippen molar-refractivity contribution in [3.63, 3.8) is 0 Å². The number of rotatable bonds is 7. The number of carbonyl (C=O) groups is 2. The number of amides is 2. The van der Waals surface area contributed by atoms with Crippen LogP contribution in [0.2, 0.25) is 0 Å². The van der Waals surface area contributed by atoms with Crippen LogP contribution in [0.3, 0.4) is 0 Å². The second kappa shape index (κ2) is 9.61. The average Bonchev–Trinajstić information content (AvgIpc) is 2.74. The fourth-order valence-electron chi connectivity index (χ4n) is 3.35. The molecule has 0 radical (unpaired) electrons. The maximum Gasteiger partial charge on any atom is 0.270 e. The summed E-state index contributed by atoms with van der Waals surface area (Å²) in [5.74, 6) is -0.521. The van der Waals surface area contributed by atoms with Crippen LogP contribution in [-0.2, 0) is 9.59 Å². The zero-order chi connectivity index (χ0) is 22.5. The topological polar surface area (TPSA) is 82.1 Å². The molecule has 2 N–H and O–H groups in total. The molecule has 31 heavy (non-hydrogen) atoms. The molecule has 0 saturated carbocycles. The van der Waals surface area contributed by atoms with Crippen LogP contribution in [-0.4, -0.2) is 41.7 Å². The van der Waals surface area contributed by atoms with E-state index in [-0.39, 0.29) is 16.4 Å². The predicted octanol–water partition coefficient (Wildman–Crippen LogP) is 3.47. The third-order valence-electron chi connectivity index (χ3n) is 4.95. The summed E-state index contributed by atoms with van der Waals surface area (Å²) in [6.45, 7) is 8.06. The van der Waals surface area contributed by atoms with Crippen LogP contribution in [0.5, 0.6) is 11.5 Å². The molecule has 2 amide bonds. The highest BCUT2D eigenvalue weighted by Gasteiger charge is 2.34. The van der Waals surface area contributed by atoms with Gasteiger partial charge in [0.05, 0.1) is 12.3 Å². The van der Waals surface area contributed by atoms with E-state index < -0.39 is 11.8 Å². The highest BCUT2D eigenvalue weighted by Crippen LogP contribution is 2.29. The normalized spacial score (nSPS) is 15.3. The number of phenols is 1. The summed E-state index contributed by atoms with van der Waals surface area (Å²) in [4.78, 5) is 29.0. The summed E-state index contributed by atoms with van der Waals surface area (Å²) in [5.41, 5.74) is 1.62. The van der Waals surface area contributed by atoms with Gasteiger partial charge in [-0.25, -0.2) is 0 Å². The van der Waals surface area contributed by atoms with Gasteiger partial charge in [0, 0.05) is 30.4 Å². The molecule has 0 bridgehead atoms. The van der Waals surface area contributed by atoms with Crippen molar-refractivity contribution in [2.45, 2.75) is 20.8 Å². The third-order valence-corrected chi connectivity index (χ3v) is 5.23. The van der Waals surface area contributed by atoms with E-state index in [1.807, 2.05) is 26.8 Å². The van der Waals surface area contributed by atoms with Crippen LogP contribution in [0.25, 0.3) is 6.08 Å². The van der Waals surface area contributed by atoms with Crippen LogP contribution in [0.4, 0.5) is 11.4 Å². The number of benzene rings is 2. The summed E-state index contributed by atoms with van der Waals surface area (Å²) in [6, 6.07) is 12.0. The minimum atomic E-state index is -0.607. The van der Waals surface area contributed by atoms with Gasteiger partial charge in [0.2, 0.25) is 0 Å². The molecular weight excluding hydrogens is 414 g/mol. The van der Waals surface area contributed by atoms with Gasteiger partial charge in [0.25, 0.3) is 11.8 Å². The zero-order valence-corrected chi connectivity index (χ0v) is 18.5. The number of carbonyl (C=O) groups excluding carboxylic acids is 2. The van der Waals surface area contributed by atoms with Gasteiger partial charge in [-0.3, -0.25) is 19.8 Å². The summed E-state index contributed by atoms with van der Waals surface area (Å²) >= 11 is 5.22. The second-order valence-electron chi connectivity index (χ2n) is 6.80. The van der Waals surface area contributed by atoms with Gasteiger partial charge in [-0.1, -0.05) is 0 Å². The summed E-state index contributed by atoms with van der Waals surface area (Å²) in [5, 5.41) is 13.0. The Hall–Kier alpha value is -3.39. The van der Waals surface area contributed by atoms with Gasteiger partial charge in [-0.2, -0.15) is 0 Å². The van der Waals surface area contributed by atoms with Gasteiger partial charge in [-0.15, -0.1) is 0 Å². The molecule has 0 atom stereocenters. The first-order valence-electron chi connectivity index (χ1n) is 10.1. The number of nitrogens with one attached hydrogen (secondary N) is 1. The molecule has 2 aromatic rings. The van der Waals surface area contributed by atoms with E-state index in [0.717, 1.165) is 18.8 Å². The van der Waals surface area contributed by atoms with E-state index in [0.29, 0.717) is 23.6 Å². The molecule has 0 aromatic heterocycles. The Bertz CT molecular complexity index is 1030. The molecule has 0 aliphatic carbocycles. The summed E-state index contributed by atoms with van der Waals surface area (Å²) < 4.78 is 5.43. The number of phenolic OH excluding ortho intramolecular Hbond substituents is 1. The Balaban J connectivity index is 1.93. The molecule has 8 heteroatoms. The minimum absolute atomic E-state index is 0.00240. The Morgan fingerprint density at radius 1 is 1.10 bits per heavy atom. The number of hydrogen-bond acceptors (Lipinski definition) is 6. The van der Waals surface area contributed by atoms with Crippen molar-refractivity contribution >= 4 is 46.6 Å². The van der Waals surface area contributed by atoms with Crippen LogP contribution in [0, 0.1) is 0 Å². The predicted molar refractivity (Wildman–Crippen MR) is 125 cm³/mol. The maximum absolute atomic E-state index is 13.1. The number of aromatic hydroxyl groups is 1. The maximum atomic E-state index is 13.1. The van der Waals surface area contributed by atoms with Gasteiger partial charge in [0.1, 0.15) is 17.1 Å². The van der Waals surface area contributed by atoms with Crippen molar-refractivity contribution in [3.05, 3.63) is 53.6 Å². The van der Waals surface area contributed by atoms with Crippen molar-refractivity contribution in [2.75, 3.05) is 29.5 Å². The number of hydrogen-bond donors (Lipinski definition) is 2. The molecule has 3 rings (SSSR count). The minimum Gasteiger partial charge on any atom is -0.507 e. The molecule has 1 aliphatic rings. The summed E-state index contributed by atoms with van der Waals surface area (Å²) in [7, 11) is 0. The van der Waals surface area contributed by atoms with Crippen molar-refractivity contribution in [3.8, 4) is 11.5 Å². The molecule has 0 unspecified atom stereocenters. The van der Waals surface area contributed by atoms with E-state index in [9.17, 15) is 14.7 Å². The van der Waals surface area contributed by atoms with Gasteiger partial charge < -0.3 is 14.7 Å². The van der Waals surface area contributed by atoms with E-state index >= 15 is 0 Å². The largest absolute Gasteiger partial charge is 0.507 e. The Morgan fingerprint density at radius 2 is 1.77 bits per heavy atom. The van der Waals surface area contributed by atoms with Crippen LogP contribution in [0.1, 0.15) is 26.3 Å². The van der Waals surface area contributed by atoms with Crippen molar-refractivity contribution in [1.29, 1.82) is 0 Å². The third kappa shape index (κ3) is 4.69. The number of anilines is 2. The Morgan fingerprint density at radius 3 is 2.35 bits per heavy atom. The molecule has 1 saturated heterocycles. The lowest BCUT2D eigenvalue weighted by Gasteiger charge is -2.29. The van der Waals surface area contributed by atoms with Crippen molar-refractivity contribution < 1.29 is 19.4 Å². The van der Waals surface area contributed by atoms with E-state index in [1.54, 1.807) is 36.4 Å². The molecule has 7 nitrogen and oxygen atoms in total. The molecule has 1 fully saturated rings.